The highest BCUT2D eigenvalue weighted by Crippen LogP contribution is 2.17. The molecule has 0 aromatic rings. The second kappa shape index (κ2) is 8.27. The van der Waals surface area contributed by atoms with Crippen LogP contribution in [0.2, 0.25) is 0 Å². The molecule has 0 aliphatic carbocycles. The summed E-state index contributed by atoms with van der Waals surface area (Å²) in [5, 5.41) is 10.6. The molecule has 0 atom stereocenters. The quantitative estimate of drug-likeness (QED) is 0.469. The molecule has 0 aliphatic heterocycles. The lowest BCUT2D eigenvalue weighted by Crippen LogP contribution is -2.26. The minimum absolute atomic E-state index is 0.0302. The molecule has 0 saturated carbocycles. The Bertz CT molecular complexity index is 356. The zero-order chi connectivity index (χ0) is 14.1. The van der Waals surface area contributed by atoms with Gasteiger partial charge in [-0.05, 0) is 13.3 Å². The molecule has 102 valence electrons. The van der Waals surface area contributed by atoms with Crippen LogP contribution in [0.15, 0.2) is 11.1 Å². The van der Waals surface area contributed by atoms with Gasteiger partial charge >= 0.3 is 11.9 Å². The maximum Gasteiger partial charge on any atom is 0.334 e. The largest absolute Gasteiger partial charge is 0.550 e. The van der Waals surface area contributed by atoms with Crippen LogP contribution in [0.4, 0.5) is 0 Å². The summed E-state index contributed by atoms with van der Waals surface area (Å²) in [4.78, 5) is 33.8. The van der Waals surface area contributed by atoms with Crippen LogP contribution in [-0.4, -0.2) is 31.6 Å². The molecule has 0 aliphatic rings. The van der Waals surface area contributed by atoms with Crippen LogP contribution in [0, 0.1) is 0 Å². The van der Waals surface area contributed by atoms with E-state index in [4.69, 9.17) is 4.74 Å². The minimum Gasteiger partial charge on any atom is -0.550 e. The molecular weight excluding hydrogens is 240 g/mol. The molecule has 0 radical (unpaired) electrons. The number of ether oxygens (including phenoxy) is 2. The summed E-state index contributed by atoms with van der Waals surface area (Å²) in [6.45, 7) is 3.48. The van der Waals surface area contributed by atoms with Gasteiger partial charge in [-0.3, -0.25) is 0 Å². The predicted octanol–water partition coefficient (Wildman–Crippen LogP) is -0.0408. The van der Waals surface area contributed by atoms with Crippen molar-refractivity contribution in [1.29, 1.82) is 0 Å². The summed E-state index contributed by atoms with van der Waals surface area (Å²) in [5.74, 6) is -2.99. The first kappa shape index (κ1) is 16.1. The summed E-state index contributed by atoms with van der Waals surface area (Å²) in [6, 6.07) is 0. The van der Waals surface area contributed by atoms with Crippen molar-refractivity contribution < 1.29 is 29.0 Å². The number of carboxylic acid groups (broad SMARTS) is 1. The molecular formula is C12H17O6-. The van der Waals surface area contributed by atoms with Crippen LogP contribution >= 0.6 is 0 Å². The number of carbonyl (C=O) groups excluding carboxylic acids is 3. The van der Waals surface area contributed by atoms with Gasteiger partial charge in [-0.25, -0.2) is 9.59 Å². The molecule has 0 unspecified atom stereocenters. The van der Waals surface area contributed by atoms with E-state index >= 15 is 0 Å². The van der Waals surface area contributed by atoms with E-state index in [1.54, 1.807) is 13.8 Å². The molecule has 0 spiro atoms. The highest BCUT2D eigenvalue weighted by Gasteiger charge is 2.22. The fourth-order valence-corrected chi connectivity index (χ4v) is 1.41. The summed E-state index contributed by atoms with van der Waals surface area (Å²) >= 11 is 0. The van der Waals surface area contributed by atoms with Crippen LogP contribution in [0.25, 0.3) is 0 Å². The van der Waals surface area contributed by atoms with Crippen LogP contribution in [-0.2, 0) is 23.9 Å². The lowest BCUT2D eigenvalue weighted by molar-refractivity contribution is -0.304. The summed E-state index contributed by atoms with van der Waals surface area (Å²) in [5.41, 5.74) is -0.173. The van der Waals surface area contributed by atoms with Gasteiger partial charge in [-0.15, -0.1) is 0 Å². The number of hydrogen-bond acceptors (Lipinski definition) is 6. The molecule has 6 heteroatoms. The SMILES string of the molecule is CCCC(C(=O)OC)=C(CC(=O)[O-])C(=O)OCC. The summed E-state index contributed by atoms with van der Waals surface area (Å²) in [6.07, 6.45) is 0.151. The van der Waals surface area contributed by atoms with E-state index in [0.29, 0.717) is 6.42 Å². The van der Waals surface area contributed by atoms with Gasteiger partial charge in [0.2, 0.25) is 0 Å². The number of hydrogen-bond donors (Lipinski definition) is 0. The van der Waals surface area contributed by atoms with Gasteiger partial charge in [0, 0.05) is 18.0 Å². The van der Waals surface area contributed by atoms with Gasteiger partial charge < -0.3 is 19.4 Å². The Morgan fingerprint density at radius 2 is 1.67 bits per heavy atom. The van der Waals surface area contributed by atoms with Crippen LogP contribution in [0.5, 0.6) is 0 Å². The lowest BCUT2D eigenvalue weighted by Gasteiger charge is -2.13. The summed E-state index contributed by atoms with van der Waals surface area (Å²) < 4.78 is 9.27. The second-order valence-corrected chi connectivity index (χ2v) is 3.47. The molecule has 0 heterocycles. The van der Waals surface area contributed by atoms with Crippen molar-refractivity contribution in [2.24, 2.45) is 0 Å². The van der Waals surface area contributed by atoms with Gasteiger partial charge in [0.15, 0.2) is 0 Å². The first-order chi connectivity index (χ1) is 8.47. The first-order valence-electron chi connectivity index (χ1n) is 5.65. The Balaban J connectivity index is 5.45. The first-order valence-corrected chi connectivity index (χ1v) is 5.65. The van der Waals surface area contributed by atoms with E-state index in [0.717, 1.165) is 0 Å². The van der Waals surface area contributed by atoms with E-state index in [1.807, 2.05) is 0 Å². The van der Waals surface area contributed by atoms with Crippen molar-refractivity contribution in [3.05, 3.63) is 11.1 Å². The zero-order valence-corrected chi connectivity index (χ0v) is 10.8. The molecule has 0 amide bonds. The number of aliphatic carboxylic acids is 1. The Kier molecular flexibility index (Phi) is 7.42. The number of carboxylic acids is 1. The van der Waals surface area contributed by atoms with Crippen LogP contribution < -0.4 is 5.11 Å². The fraction of sp³-hybridized carbons (Fsp3) is 0.583. The maximum atomic E-state index is 11.6. The Hall–Kier alpha value is -1.85. The second-order valence-electron chi connectivity index (χ2n) is 3.47. The van der Waals surface area contributed by atoms with Crippen LogP contribution in [0.3, 0.4) is 0 Å². The number of carbonyl (C=O) groups is 3. The Morgan fingerprint density at radius 3 is 2.06 bits per heavy atom. The molecule has 6 nitrogen and oxygen atoms in total. The number of rotatable bonds is 7. The molecule has 0 aromatic carbocycles. The third-order valence-corrected chi connectivity index (χ3v) is 2.14. The average Bonchev–Trinajstić information content (AvgIpc) is 2.32. The smallest absolute Gasteiger partial charge is 0.334 e. The van der Waals surface area contributed by atoms with Crippen molar-refractivity contribution in [3.8, 4) is 0 Å². The zero-order valence-electron chi connectivity index (χ0n) is 10.8. The minimum atomic E-state index is -1.45. The topological polar surface area (TPSA) is 92.7 Å². The van der Waals surface area contributed by atoms with E-state index in [1.165, 1.54) is 7.11 Å². The molecule has 0 saturated heterocycles. The number of methoxy groups -OCH3 is 1. The normalized spacial score (nSPS) is 11.5. The third-order valence-electron chi connectivity index (χ3n) is 2.14. The molecule has 0 bridgehead atoms. The predicted molar refractivity (Wildman–Crippen MR) is 60.2 cm³/mol. The molecule has 0 aromatic heterocycles. The monoisotopic (exact) mass is 257 g/mol. The van der Waals surface area contributed by atoms with Crippen molar-refractivity contribution in [1.82, 2.24) is 0 Å². The van der Waals surface area contributed by atoms with E-state index in [-0.39, 0.29) is 24.2 Å². The maximum absolute atomic E-state index is 11.6. The molecule has 18 heavy (non-hydrogen) atoms. The van der Waals surface area contributed by atoms with Crippen molar-refractivity contribution in [2.45, 2.75) is 33.1 Å². The fourth-order valence-electron chi connectivity index (χ4n) is 1.41. The summed E-state index contributed by atoms with van der Waals surface area (Å²) in [7, 11) is 1.17. The average molecular weight is 257 g/mol. The van der Waals surface area contributed by atoms with E-state index < -0.39 is 24.3 Å². The van der Waals surface area contributed by atoms with E-state index in [2.05, 4.69) is 4.74 Å². The van der Waals surface area contributed by atoms with E-state index in [9.17, 15) is 19.5 Å². The Morgan fingerprint density at radius 1 is 1.06 bits per heavy atom. The molecule has 0 rings (SSSR count). The van der Waals surface area contributed by atoms with Gasteiger partial charge in [0.25, 0.3) is 0 Å². The molecule has 0 N–H and O–H groups in total. The lowest BCUT2D eigenvalue weighted by atomic mass is 10.0. The van der Waals surface area contributed by atoms with Crippen molar-refractivity contribution in [2.75, 3.05) is 13.7 Å². The van der Waals surface area contributed by atoms with Gasteiger partial charge in [0.1, 0.15) is 0 Å². The Labute approximate surface area is 106 Å². The van der Waals surface area contributed by atoms with Gasteiger partial charge in [0.05, 0.1) is 19.3 Å². The third kappa shape index (κ3) is 4.99. The molecule has 0 fully saturated rings. The van der Waals surface area contributed by atoms with Crippen molar-refractivity contribution in [3.63, 3.8) is 0 Å². The van der Waals surface area contributed by atoms with Crippen LogP contribution in [0.1, 0.15) is 33.1 Å². The van der Waals surface area contributed by atoms with Gasteiger partial charge in [-0.1, -0.05) is 13.3 Å². The van der Waals surface area contributed by atoms with Crippen molar-refractivity contribution >= 4 is 17.9 Å². The highest BCUT2D eigenvalue weighted by molar-refractivity contribution is 6.02. The standard InChI is InChI=1S/C12H18O6/c1-4-6-8(11(15)17-3)9(7-10(13)14)12(16)18-5-2/h4-7H2,1-3H3,(H,13,14)/p-1. The van der Waals surface area contributed by atoms with Gasteiger partial charge in [-0.2, -0.15) is 0 Å². The highest BCUT2D eigenvalue weighted by atomic mass is 16.5. The number of esters is 2.